The van der Waals surface area contributed by atoms with Crippen LogP contribution in [0.1, 0.15) is 16.5 Å². The predicted octanol–water partition coefficient (Wildman–Crippen LogP) is 3.36. The van der Waals surface area contributed by atoms with Gasteiger partial charge in [-0.25, -0.2) is 15.0 Å². The van der Waals surface area contributed by atoms with Crippen molar-refractivity contribution in [3.63, 3.8) is 0 Å². The minimum Gasteiger partial charge on any atom is -0.246 e. The first-order valence-electron chi connectivity index (χ1n) is 4.23. The number of rotatable bonds is 2. The summed E-state index contributed by atoms with van der Waals surface area (Å²) in [5, 5.41) is 3.10. The van der Waals surface area contributed by atoms with Gasteiger partial charge in [-0.1, -0.05) is 0 Å². The van der Waals surface area contributed by atoms with Gasteiger partial charge in [0.05, 0.1) is 17.1 Å². The molecule has 0 atom stereocenters. The molecular weight excluding hydrogens is 342 g/mol. The maximum Gasteiger partial charge on any atom is 0.136 e. The van der Waals surface area contributed by atoms with Gasteiger partial charge in [0.1, 0.15) is 15.0 Å². The topological polar surface area (TPSA) is 38.7 Å². The van der Waals surface area contributed by atoms with Gasteiger partial charge in [0.25, 0.3) is 0 Å². The van der Waals surface area contributed by atoms with E-state index >= 15 is 0 Å². The third kappa shape index (κ3) is 3.06. The summed E-state index contributed by atoms with van der Waals surface area (Å²) < 4.78 is 1.57. The van der Waals surface area contributed by atoms with E-state index in [4.69, 9.17) is 0 Å². The van der Waals surface area contributed by atoms with Crippen LogP contribution in [0.4, 0.5) is 0 Å². The molecule has 78 valence electrons. The molecule has 0 aliphatic heterocycles. The molecular formula is C9H7Br2N3S. The summed E-state index contributed by atoms with van der Waals surface area (Å²) in [5.41, 5.74) is 1.02. The van der Waals surface area contributed by atoms with Gasteiger partial charge in [0, 0.05) is 11.4 Å². The van der Waals surface area contributed by atoms with Gasteiger partial charge in [-0.05, 0) is 38.8 Å². The van der Waals surface area contributed by atoms with Crippen LogP contribution in [0.5, 0.6) is 0 Å². The number of hydrogen-bond acceptors (Lipinski definition) is 4. The first kappa shape index (κ1) is 11.2. The van der Waals surface area contributed by atoms with Crippen LogP contribution in [0.2, 0.25) is 0 Å². The molecule has 2 heterocycles. The number of aryl methyl sites for hydroxylation is 1. The number of halogens is 2. The average Bonchev–Trinajstić information content (AvgIpc) is 2.49. The van der Waals surface area contributed by atoms with Crippen LogP contribution in [0.25, 0.3) is 0 Å². The fourth-order valence-electron chi connectivity index (χ4n) is 1.16. The monoisotopic (exact) mass is 347 g/mol. The van der Waals surface area contributed by atoms with Crippen LogP contribution in [-0.4, -0.2) is 15.0 Å². The zero-order valence-electron chi connectivity index (χ0n) is 7.87. The third-order valence-electron chi connectivity index (χ3n) is 1.72. The Morgan fingerprint density at radius 2 is 1.87 bits per heavy atom. The van der Waals surface area contributed by atoms with Crippen molar-refractivity contribution in [3.8, 4) is 0 Å². The SMILES string of the molecule is Cc1nc(Cc2nc(Br)cc(Br)n2)cs1. The summed E-state index contributed by atoms with van der Waals surface area (Å²) in [4.78, 5) is 12.9. The minimum absolute atomic E-state index is 0.669. The van der Waals surface area contributed by atoms with Crippen LogP contribution in [0.15, 0.2) is 20.7 Å². The molecule has 0 N–H and O–H groups in total. The molecule has 2 aromatic rings. The molecule has 0 radical (unpaired) electrons. The predicted molar refractivity (Wildman–Crippen MR) is 67.1 cm³/mol. The molecule has 0 aliphatic carbocycles. The number of thiazole rings is 1. The summed E-state index contributed by atoms with van der Waals surface area (Å²) >= 11 is 8.31. The Bertz CT molecular complexity index is 464. The van der Waals surface area contributed by atoms with Crippen molar-refractivity contribution in [2.45, 2.75) is 13.3 Å². The second kappa shape index (κ2) is 4.67. The summed E-state index contributed by atoms with van der Waals surface area (Å²) in [5.74, 6) is 0.765. The Hall–Kier alpha value is -0.330. The van der Waals surface area contributed by atoms with Crippen molar-refractivity contribution >= 4 is 43.2 Å². The number of hydrogen-bond donors (Lipinski definition) is 0. The third-order valence-corrected chi connectivity index (χ3v) is 3.35. The Labute approximate surface area is 108 Å². The number of nitrogens with zero attached hydrogens (tertiary/aromatic N) is 3. The second-order valence-corrected chi connectivity index (χ2v) is 5.65. The van der Waals surface area contributed by atoms with Crippen molar-refractivity contribution in [3.05, 3.63) is 37.2 Å². The molecule has 6 heteroatoms. The highest BCUT2D eigenvalue weighted by Gasteiger charge is 2.05. The van der Waals surface area contributed by atoms with Gasteiger partial charge in [-0.2, -0.15) is 0 Å². The lowest BCUT2D eigenvalue weighted by Crippen LogP contribution is -1.97. The molecule has 0 aliphatic rings. The molecule has 0 spiro atoms. The molecule has 0 saturated carbocycles. The zero-order chi connectivity index (χ0) is 10.8. The largest absolute Gasteiger partial charge is 0.246 e. The van der Waals surface area contributed by atoms with E-state index in [9.17, 15) is 0 Å². The molecule has 0 bridgehead atoms. The standard InChI is InChI=1S/C9H7Br2N3S/c1-5-12-6(4-15-5)2-9-13-7(10)3-8(11)14-9/h3-4H,2H2,1H3. The van der Waals surface area contributed by atoms with Crippen molar-refractivity contribution in [1.82, 2.24) is 15.0 Å². The Kier molecular flexibility index (Phi) is 3.48. The molecule has 0 aromatic carbocycles. The summed E-state index contributed by atoms with van der Waals surface area (Å²) in [6.45, 7) is 1.99. The van der Waals surface area contributed by atoms with Crippen LogP contribution in [-0.2, 0) is 6.42 Å². The van der Waals surface area contributed by atoms with Crippen molar-refractivity contribution in [1.29, 1.82) is 0 Å². The maximum atomic E-state index is 4.37. The lowest BCUT2D eigenvalue weighted by atomic mass is 10.3. The van der Waals surface area contributed by atoms with Crippen LogP contribution >= 0.6 is 43.2 Å². The maximum absolute atomic E-state index is 4.37. The molecule has 2 aromatic heterocycles. The Morgan fingerprint density at radius 1 is 1.20 bits per heavy atom. The normalized spacial score (nSPS) is 10.6. The first-order chi connectivity index (χ1) is 7.13. The van der Waals surface area contributed by atoms with E-state index in [1.165, 1.54) is 0 Å². The second-order valence-electron chi connectivity index (χ2n) is 2.96. The molecule has 0 unspecified atom stereocenters. The van der Waals surface area contributed by atoms with Crippen molar-refractivity contribution in [2.75, 3.05) is 0 Å². The fraction of sp³-hybridized carbons (Fsp3) is 0.222. The van der Waals surface area contributed by atoms with E-state index in [1.807, 2.05) is 18.4 Å². The van der Waals surface area contributed by atoms with E-state index < -0.39 is 0 Å². The molecule has 2 rings (SSSR count). The van der Waals surface area contributed by atoms with E-state index in [2.05, 4.69) is 46.8 Å². The molecule has 0 saturated heterocycles. The quantitative estimate of drug-likeness (QED) is 0.781. The molecule has 0 amide bonds. The summed E-state index contributed by atoms with van der Waals surface area (Å²) in [7, 11) is 0. The average molecular weight is 349 g/mol. The lowest BCUT2D eigenvalue weighted by molar-refractivity contribution is 0.918. The first-order valence-corrected chi connectivity index (χ1v) is 6.70. The summed E-state index contributed by atoms with van der Waals surface area (Å²) in [6, 6.07) is 1.82. The van der Waals surface area contributed by atoms with Crippen molar-refractivity contribution in [2.24, 2.45) is 0 Å². The van der Waals surface area contributed by atoms with E-state index in [0.717, 1.165) is 25.7 Å². The van der Waals surface area contributed by atoms with Crippen LogP contribution in [0, 0.1) is 6.92 Å². The van der Waals surface area contributed by atoms with Crippen LogP contribution < -0.4 is 0 Å². The highest BCUT2D eigenvalue weighted by molar-refractivity contribution is 9.11. The van der Waals surface area contributed by atoms with Gasteiger partial charge in [-0.15, -0.1) is 11.3 Å². The van der Waals surface area contributed by atoms with E-state index in [0.29, 0.717) is 6.42 Å². The van der Waals surface area contributed by atoms with Gasteiger partial charge in [0.15, 0.2) is 0 Å². The lowest BCUT2D eigenvalue weighted by Gasteiger charge is -1.98. The Morgan fingerprint density at radius 3 is 2.40 bits per heavy atom. The summed E-state index contributed by atoms with van der Waals surface area (Å²) in [6.07, 6.45) is 0.669. The molecule has 15 heavy (non-hydrogen) atoms. The van der Waals surface area contributed by atoms with Gasteiger partial charge in [0.2, 0.25) is 0 Å². The van der Waals surface area contributed by atoms with Gasteiger partial charge in [-0.3, -0.25) is 0 Å². The Balaban J connectivity index is 2.24. The fourth-order valence-corrected chi connectivity index (χ4v) is 2.93. The van der Waals surface area contributed by atoms with E-state index in [1.54, 1.807) is 11.3 Å². The highest BCUT2D eigenvalue weighted by Crippen LogP contribution is 2.16. The molecule has 3 nitrogen and oxygen atoms in total. The highest BCUT2D eigenvalue weighted by atomic mass is 79.9. The van der Waals surface area contributed by atoms with Gasteiger partial charge < -0.3 is 0 Å². The van der Waals surface area contributed by atoms with E-state index in [-0.39, 0.29) is 0 Å². The van der Waals surface area contributed by atoms with Crippen molar-refractivity contribution < 1.29 is 0 Å². The molecule has 0 fully saturated rings. The van der Waals surface area contributed by atoms with Gasteiger partial charge >= 0.3 is 0 Å². The smallest absolute Gasteiger partial charge is 0.136 e. The number of aromatic nitrogens is 3. The zero-order valence-corrected chi connectivity index (χ0v) is 11.9. The van der Waals surface area contributed by atoms with Crippen LogP contribution in [0.3, 0.4) is 0 Å². The minimum atomic E-state index is 0.669.